The average molecular weight is 237 g/mol. The Morgan fingerprint density at radius 3 is 2.76 bits per heavy atom. The van der Waals surface area contributed by atoms with Crippen molar-refractivity contribution in [3.63, 3.8) is 0 Å². The van der Waals surface area contributed by atoms with E-state index in [9.17, 15) is 9.18 Å². The lowest BCUT2D eigenvalue weighted by molar-refractivity contribution is -0.143. The van der Waals surface area contributed by atoms with E-state index >= 15 is 0 Å². The monoisotopic (exact) mass is 237 g/mol. The van der Waals surface area contributed by atoms with Gasteiger partial charge in [0.15, 0.2) is 17.5 Å². The predicted molar refractivity (Wildman–Crippen MR) is 57.9 cm³/mol. The quantitative estimate of drug-likeness (QED) is 0.751. The molecule has 90 valence electrons. The van der Waals surface area contributed by atoms with Gasteiger partial charge in [-0.05, 0) is 24.6 Å². The highest BCUT2D eigenvalue weighted by atomic mass is 19.1. The number of methoxy groups -OCH3 is 1. The van der Waals surface area contributed by atoms with Crippen LogP contribution in [0.4, 0.5) is 4.39 Å². The Hall–Kier alpha value is -2.09. The molecule has 0 bridgehead atoms. The number of rotatable bonds is 4. The molecule has 0 saturated carbocycles. The second kappa shape index (κ2) is 5.85. The molecule has 1 rings (SSSR count). The smallest absolute Gasteiger partial charge is 0.327 e. The van der Waals surface area contributed by atoms with Gasteiger partial charge in [0, 0.05) is 0 Å². The van der Waals surface area contributed by atoms with Crippen molar-refractivity contribution in [2.45, 2.75) is 12.8 Å². The lowest BCUT2D eigenvalue weighted by Gasteiger charge is -2.09. The average Bonchev–Trinajstić information content (AvgIpc) is 2.30. The number of esters is 1. The van der Waals surface area contributed by atoms with E-state index in [1.807, 2.05) is 0 Å². The largest absolute Gasteiger partial charge is 0.494 e. The van der Waals surface area contributed by atoms with Crippen LogP contribution in [0.1, 0.15) is 18.4 Å². The first-order chi connectivity index (χ1) is 8.13. The maximum Gasteiger partial charge on any atom is 0.327 e. The Labute approximate surface area is 98.6 Å². The van der Waals surface area contributed by atoms with Crippen LogP contribution in [0.25, 0.3) is 0 Å². The SMILES string of the molecule is CCOC(=O)C(C#N)c1ccc(OC)c(F)c1. The first-order valence-electron chi connectivity index (χ1n) is 5.03. The number of nitriles is 1. The van der Waals surface area contributed by atoms with Crippen LogP contribution in [0.5, 0.6) is 5.75 Å². The van der Waals surface area contributed by atoms with E-state index in [0.29, 0.717) is 0 Å². The molecular weight excluding hydrogens is 225 g/mol. The summed E-state index contributed by atoms with van der Waals surface area (Å²) in [4.78, 5) is 11.4. The van der Waals surface area contributed by atoms with Crippen molar-refractivity contribution in [3.05, 3.63) is 29.6 Å². The van der Waals surface area contributed by atoms with E-state index in [-0.39, 0.29) is 17.9 Å². The molecule has 0 radical (unpaired) electrons. The zero-order valence-corrected chi connectivity index (χ0v) is 9.57. The van der Waals surface area contributed by atoms with Crippen LogP contribution in [0.3, 0.4) is 0 Å². The zero-order valence-electron chi connectivity index (χ0n) is 9.57. The summed E-state index contributed by atoms with van der Waals surface area (Å²) in [5.74, 6) is -2.35. The summed E-state index contributed by atoms with van der Waals surface area (Å²) in [7, 11) is 1.34. The highest BCUT2D eigenvalue weighted by Gasteiger charge is 2.22. The second-order valence-corrected chi connectivity index (χ2v) is 3.21. The number of hydrogen-bond donors (Lipinski definition) is 0. The Kier molecular flexibility index (Phi) is 4.46. The fraction of sp³-hybridized carbons (Fsp3) is 0.333. The fourth-order valence-electron chi connectivity index (χ4n) is 1.35. The normalized spacial score (nSPS) is 11.4. The highest BCUT2D eigenvalue weighted by molar-refractivity contribution is 5.81. The lowest BCUT2D eigenvalue weighted by atomic mass is 10.0. The standard InChI is InChI=1S/C12H12FNO3/c1-3-17-12(15)9(7-14)8-4-5-11(16-2)10(13)6-8/h4-6,9H,3H2,1-2H3. The van der Waals surface area contributed by atoms with E-state index in [0.717, 1.165) is 6.07 Å². The van der Waals surface area contributed by atoms with Crippen LogP contribution < -0.4 is 4.74 Å². The van der Waals surface area contributed by atoms with E-state index in [2.05, 4.69) is 0 Å². The molecule has 0 heterocycles. The molecule has 1 aromatic carbocycles. The van der Waals surface area contributed by atoms with Gasteiger partial charge >= 0.3 is 5.97 Å². The van der Waals surface area contributed by atoms with Crippen LogP contribution in [0, 0.1) is 17.1 Å². The first kappa shape index (κ1) is 13.0. The number of nitrogens with zero attached hydrogens (tertiary/aromatic N) is 1. The van der Waals surface area contributed by atoms with Crippen molar-refractivity contribution in [2.75, 3.05) is 13.7 Å². The first-order valence-corrected chi connectivity index (χ1v) is 5.03. The summed E-state index contributed by atoms with van der Waals surface area (Å²) in [6.07, 6.45) is 0. The molecule has 0 spiro atoms. The van der Waals surface area contributed by atoms with Crippen molar-refractivity contribution in [3.8, 4) is 11.8 Å². The van der Waals surface area contributed by atoms with Gasteiger partial charge in [-0.1, -0.05) is 6.07 Å². The summed E-state index contributed by atoms with van der Waals surface area (Å²) < 4.78 is 22.9. The Bertz CT molecular complexity index is 454. The summed E-state index contributed by atoms with van der Waals surface area (Å²) in [5.41, 5.74) is 0.254. The van der Waals surface area contributed by atoms with E-state index < -0.39 is 17.7 Å². The number of benzene rings is 1. The molecule has 0 N–H and O–H groups in total. The molecule has 5 heteroatoms. The molecule has 0 aliphatic rings. The molecule has 1 unspecified atom stereocenters. The van der Waals surface area contributed by atoms with E-state index in [1.54, 1.807) is 13.0 Å². The van der Waals surface area contributed by atoms with Gasteiger partial charge in [0.05, 0.1) is 19.8 Å². The molecule has 1 atom stereocenters. The van der Waals surface area contributed by atoms with Crippen molar-refractivity contribution in [1.29, 1.82) is 5.26 Å². The number of hydrogen-bond acceptors (Lipinski definition) is 4. The van der Waals surface area contributed by atoms with Crippen molar-refractivity contribution >= 4 is 5.97 Å². The van der Waals surface area contributed by atoms with Crippen molar-refractivity contribution in [2.24, 2.45) is 0 Å². The third kappa shape index (κ3) is 2.94. The minimum atomic E-state index is -1.12. The lowest BCUT2D eigenvalue weighted by Crippen LogP contribution is -2.14. The topological polar surface area (TPSA) is 59.3 Å². The van der Waals surface area contributed by atoms with Gasteiger partial charge in [-0.3, -0.25) is 4.79 Å². The van der Waals surface area contributed by atoms with Gasteiger partial charge in [-0.15, -0.1) is 0 Å². The van der Waals surface area contributed by atoms with Crippen molar-refractivity contribution < 1.29 is 18.7 Å². The predicted octanol–water partition coefficient (Wildman–Crippen LogP) is 2.00. The molecule has 0 aromatic heterocycles. The zero-order chi connectivity index (χ0) is 12.8. The maximum absolute atomic E-state index is 13.4. The Morgan fingerprint density at radius 2 is 2.29 bits per heavy atom. The fourth-order valence-corrected chi connectivity index (χ4v) is 1.35. The minimum Gasteiger partial charge on any atom is -0.494 e. The number of carbonyl (C=O) groups excluding carboxylic acids is 1. The highest BCUT2D eigenvalue weighted by Crippen LogP contribution is 2.23. The molecule has 1 aromatic rings. The molecule has 0 amide bonds. The van der Waals surface area contributed by atoms with Crippen LogP contribution >= 0.6 is 0 Å². The summed E-state index contributed by atoms with van der Waals surface area (Å²) in [5, 5.41) is 8.89. The summed E-state index contributed by atoms with van der Waals surface area (Å²) in [6, 6.07) is 5.72. The van der Waals surface area contributed by atoms with Crippen LogP contribution in [-0.2, 0) is 9.53 Å². The van der Waals surface area contributed by atoms with Gasteiger partial charge in [0.25, 0.3) is 0 Å². The molecule has 17 heavy (non-hydrogen) atoms. The van der Waals surface area contributed by atoms with Gasteiger partial charge in [-0.2, -0.15) is 5.26 Å². The maximum atomic E-state index is 13.4. The second-order valence-electron chi connectivity index (χ2n) is 3.21. The summed E-state index contributed by atoms with van der Waals surface area (Å²) >= 11 is 0. The Morgan fingerprint density at radius 1 is 1.59 bits per heavy atom. The van der Waals surface area contributed by atoms with Crippen LogP contribution in [0.2, 0.25) is 0 Å². The number of carbonyl (C=O) groups is 1. The molecule has 0 aliphatic heterocycles. The number of ether oxygens (including phenoxy) is 2. The van der Waals surface area contributed by atoms with Crippen molar-refractivity contribution in [1.82, 2.24) is 0 Å². The Balaban J connectivity index is 3.02. The molecule has 0 fully saturated rings. The van der Waals surface area contributed by atoms with Crippen LogP contribution in [0.15, 0.2) is 18.2 Å². The summed E-state index contributed by atoms with van der Waals surface area (Å²) in [6.45, 7) is 1.82. The molecular formula is C12H12FNO3. The molecule has 0 saturated heterocycles. The number of halogens is 1. The van der Waals surface area contributed by atoms with Gasteiger partial charge in [0.2, 0.25) is 0 Å². The van der Waals surface area contributed by atoms with Crippen LogP contribution in [-0.4, -0.2) is 19.7 Å². The van der Waals surface area contributed by atoms with E-state index in [4.69, 9.17) is 14.7 Å². The third-order valence-electron chi connectivity index (χ3n) is 2.16. The van der Waals surface area contributed by atoms with Gasteiger partial charge in [-0.25, -0.2) is 4.39 Å². The van der Waals surface area contributed by atoms with E-state index in [1.165, 1.54) is 19.2 Å². The third-order valence-corrected chi connectivity index (χ3v) is 2.16. The molecule has 0 aliphatic carbocycles. The minimum absolute atomic E-state index is 0.0642. The van der Waals surface area contributed by atoms with Gasteiger partial charge < -0.3 is 9.47 Å². The van der Waals surface area contributed by atoms with Gasteiger partial charge in [0.1, 0.15) is 0 Å². The molecule has 4 nitrogen and oxygen atoms in total.